The third-order valence-corrected chi connectivity index (χ3v) is 2.69. The van der Waals surface area contributed by atoms with Crippen molar-refractivity contribution in [2.75, 3.05) is 11.9 Å². The van der Waals surface area contributed by atoms with Gasteiger partial charge in [0.25, 0.3) is 0 Å². The summed E-state index contributed by atoms with van der Waals surface area (Å²) in [5.74, 6) is 0.862. The Morgan fingerprint density at radius 1 is 1.31 bits per heavy atom. The molecule has 0 bridgehead atoms. The van der Waals surface area contributed by atoms with E-state index in [0.29, 0.717) is 0 Å². The summed E-state index contributed by atoms with van der Waals surface area (Å²) in [5, 5.41) is 0. The summed E-state index contributed by atoms with van der Waals surface area (Å²) in [6.45, 7) is 0.719. The maximum absolute atomic E-state index is 4.27. The molecule has 0 N–H and O–H groups in total. The Hall–Kier alpha value is -1.49. The van der Waals surface area contributed by atoms with Crippen LogP contribution in [0.1, 0.15) is 5.69 Å². The number of hydrogen-bond acceptors (Lipinski definition) is 4. The number of aromatic nitrogens is 3. The van der Waals surface area contributed by atoms with Crippen LogP contribution in [0.4, 0.5) is 5.82 Å². The van der Waals surface area contributed by atoms with E-state index in [4.69, 9.17) is 0 Å². The first-order chi connectivity index (χ1) is 7.77. The van der Waals surface area contributed by atoms with Gasteiger partial charge >= 0.3 is 0 Å². The van der Waals surface area contributed by atoms with Crippen LogP contribution in [-0.4, -0.2) is 22.0 Å². The zero-order chi connectivity index (χ0) is 11.4. The van der Waals surface area contributed by atoms with Crippen LogP contribution >= 0.6 is 15.9 Å². The van der Waals surface area contributed by atoms with Gasteiger partial charge in [0.1, 0.15) is 12.1 Å². The molecule has 82 valence electrons. The SMILES string of the molecule is CN(Cc1ccccn1)c1ncncc1Br. The van der Waals surface area contributed by atoms with E-state index in [1.807, 2.05) is 30.1 Å². The van der Waals surface area contributed by atoms with E-state index < -0.39 is 0 Å². The average Bonchev–Trinajstić information content (AvgIpc) is 2.31. The van der Waals surface area contributed by atoms with Crippen molar-refractivity contribution in [2.45, 2.75) is 6.54 Å². The highest BCUT2D eigenvalue weighted by atomic mass is 79.9. The fraction of sp³-hybridized carbons (Fsp3) is 0.182. The smallest absolute Gasteiger partial charge is 0.146 e. The second kappa shape index (κ2) is 5.03. The van der Waals surface area contributed by atoms with Gasteiger partial charge in [-0.1, -0.05) is 6.07 Å². The number of halogens is 1. The van der Waals surface area contributed by atoms with E-state index in [1.54, 1.807) is 12.4 Å². The molecule has 2 heterocycles. The van der Waals surface area contributed by atoms with Crippen molar-refractivity contribution >= 4 is 21.7 Å². The van der Waals surface area contributed by atoms with Crippen LogP contribution in [0.3, 0.4) is 0 Å². The monoisotopic (exact) mass is 278 g/mol. The maximum Gasteiger partial charge on any atom is 0.146 e. The summed E-state index contributed by atoms with van der Waals surface area (Å²) in [6, 6.07) is 5.88. The molecule has 4 nitrogen and oxygen atoms in total. The lowest BCUT2D eigenvalue weighted by atomic mass is 10.3. The standard InChI is InChI=1S/C11H11BrN4/c1-16(7-9-4-2-3-5-14-9)11-10(12)6-13-8-15-11/h2-6,8H,7H2,1H3. The minimum Gasteiger partial charge on any atom is -0.353 e. The van der Waals surface area contributed by atoms with Gasteiger partial charge in [0.15, 0.2) is 0 Å². The van der Waals surface area contributed by atoms with Gasteiger partial charge < -0.3 is 4.90 Å². The highest BCUT2D eigenvalue weighted by molar-refractivity contribution is 9.10. The molecule has 5 heteroatoms. The van der Waals surface area contributed by atoms with Crippen molar-refractivity contribution in [2.24, 2.45) is 0 Å². The van der Waals surface area contributed by atoms with Crippen LogP contribution in [0.5, 0.6) is 0 Å². The van der Waals surface area contributed by atoms with Gasteiger partial charge in [-0.05, 0) is 28.1 Å². The summed E-state index contributed by atoms with van der Waals surface area (Å²) in [6.07, 6.45) is 5.06. The van der Waals surface area contributed by atoms with Crippen LogP contribution in [-0.2, 0) is 6.54 Å². The van der Waals surface area contributed by atoms with Crippen molar-refractivity contribution in [3.63, 3.8) is 0 Å². The van der Waals surface area contributed by atoms with Gasteiger partial charge in [-0.3, -0.25) is 4.98 Å². The molecule has 0 spiro atoms. The topological polar surface area (TPSA) is 41.9 Å². The molecule has 16 heavy (non-hydrogen) atoms. The van der Waals surface area contributed by atoms with E-state index in [-0.39, 0.29) is 0 Å². The van der Waals surface area contributed by atoms with Crippen molar-refractivity contribution in [1.82, 2.24) is 15.0 Å². The van der Waals surface area contributed by atoms with E-state index in [9.17, 15) is 0 Å². The molecule has 0 aliphatic carbocycles. The predicted molar refractivity (Wildman–Crippen MR) is 66.1 cm³/mol. The van der Waals surface area contributed by atoms with E-state index in [1.165, 1.54) is 6.33 Å². The number of nitrogens with zero attached hydrogens (tertiary/aromatic N) is 4. The van der Waals surface area contributed by atoms with Crippen molar-refractivity contribution in [3.8, 4) is 0 Å². The molecule has 0 radical (unpaired) electrons. The van der Waals surface area contributed by atoms with Gasteiger partial charge in [0, 0.05) is 19.4 Å². The van der Waals surface area contributed by atoms with Crippen molar-refractivity contribution < 1.29 is 0 Å². The van der Waals surface area contributed by atoms with E-state index in [2.05, 4.69) is 30.9 Å². The van der Waals surface area contributed by atoms with Gasteiger partial charge in [-0.15, -0.1) is 0 Å². The summed E-state index contributed by atoms with van der Waals surface area (Å²) in [5.41, 5.74) is 1.01. The van der Waals surface area contributed by atoms with Crippen LogP contribution < -0.4 is 4.90 Å². The molecule has 0 saturated carbocycles. The predicted octanol–water partition coefficient (Wildman–Crippen LogP) is 2.27. The van der Waals surface area contributed by atoms with Gasteiger partial charge in [0.05, 0.1) is 16.7 Å². The number of anilines is 1. The second-order valence-corrected chi connectivity index (χ2v) is 4.23. The Balaban J connectivity index is 2.15. The summed E-state index contributed by atoms with van der Waals surface area (Å²) in [4.78, 5) is 14.4. The summed E-state index contributed by atoms with van der Waals surface area (Å²) < 4.78 is 0.883. The first kappa shape index (κ1) is 11.0. The molecule has 0 fully saturated rings. The Labute approximate surface area is 103 Å². The number of hydrogen-bond donors (Lipinski definition) is 0. The highest BCUT2D eigenvalue weighted by Crippen LogP contribution is 2.21. The molecule has 0 atom stereocenters. The normalized spacial score (nSPS) is 10.1. The molecule has 0 aliphatic rings. The molecule has 2 aromatic rings. The third kappa shape index (κ3) is 2.55. The second-order valence-electron chi connectivity index (χ2n) is 3.37. The molecule has 0 unspecified atom stereocenters. The summed E-state index contributed by atoms with van der Waals surface area (Å²) in [7, 11) is 1.97. The fourth-order valence-electron chi connectivity index (χ4n) is 1.40. The largest absolute Gasteiger partial charge is 0.353 e. The Morgan fingerprint density at radius 3 is 2.88 bits per heavy atom. The van der Waals surface area contributed by atoms with Crippen LogP contribution in [0.2, 0.25) is 0 Å². The van der Waals surface area contributed by atoms with Crippen molar-refractivity contribution in [1.29, 1.82) is 0 Å². The Kier molecular flexibility index (Phi) is 3.46. The number of pyridine rings is 1. The molecule has 0 amide bonds. The van der Waals surface area contributed by atoms with Crippen LogP contribution in [0, 0.1) is 0 Å². The van der Waals surface area contributed by atoms with E-state index >= 15 is 0 Å². The van der Waals surface area contributed by atoms with Crippen molar-refractivity contribution in [3.05, 3.63) is 47.1 Å². The third-order valence-electron chi connectivity index (χ3n) is 2.14. The molecule has 2 rings (SSSR count). The van der Waals surface area contributed by atoms with E-state index in [0.717, 1.165) is 22.5 Å². The number of rotatable bonds is 3. The van der Waals surface area contributed by atoms with Gasteiger partial charge in [-0.2, -0.15) is 0 Å². The highest BCUT2D eigenvalue weighted by Gasteiger charge is 2.07. The lowest BCUT2D eigenvalue weighted by Crippen LogP contribution is -2.18. The fourth-order valence-corrected chi connectivity index (χ4v) is 1.92. The van der Waals surface area contributed by atoms with Crippen LogP contribution in [0.15, 0.2) is 41.4 Å². The zero-order valence-electron chi connectivity index (χ0n) is 8.84. The molecular formula is C11H11BrN4. The summed E-state index contributed by atoms with van der Waals surface area (Å²) >= 11 is 3.42. The average molecular weight is 279 g/mol. The first-order valence-corrected chi connectivity index (χ1v) is 5.63. The lowest BCUT2D eigenvalue weighted by molar-refractivity contribution is 0.857. The maximum atomic E-state index is 4.27. The minimum atomic E-state index is 0.719. The lowest BCUT2D eigenvalue weighted by Gasteiger charge is -2.18. The quantitative estimate of drug-likeness (QED) is 0.864. The molecule has 0 aromatic carbocycles. The molecule has 0 saturated heterocycles. The van der Waals surface area contributed by atoms with Gasteiger partial charge in [0.2, 0.25) is 0 Å². The molecular weight excluding hydrogens is 268 g/mol. The Morgan fingerprint density at radius 2 is 2.19 bits per heavy atom. The minimum absolute atomic E-state index is 0.719. The zero-order valence-corrected chi connectivity index (χ0v) is 10.4. The molecule has 2 aromatic heterocycles. The molecule has 0 aliphatic heterocycles. The Bertz CT molecular complexity index is 461. The van der Waals surface area contributed by atoms with Gasteiger partial charge in [-0.25, -0.2) is 9.97 Å². The first-order valence-electron chi connectivity index (χ1n) is 4.84. The van der Waals surface area contributed by atoms with Crippen LogP contribution in [0.25, 0.3) is 0 Å².